The second-order valence-electron chi connectivity index (χ2n) is 6.84. The van der Waals surface area contributed by atoms with Crippen LogP contribution in [0, 0.1) is 0 Å². The molecule has 0 radical (unpaired) electrons. The molecule has 2 rings (SSSR count). The lowest BCUT2D eigenvalue weighted by Crippen LogP contribution is -2.44. The normalized spacial score (nSPS) is 12.3. The average molecular weight is 356 g/mol. The van der Waals surface area contributed by atoms with Gasteiger partial charge in [-0.25, -0.2) is 0 Å². The molecule has 0 aliphatic heterocycles. The van der Waals surface area contributed by atoms with Gasteiger partial charge < -0.3 is 0 Å². The molecule has 1 atom stereocenters. The Morgan fingerprint density at radius 3 is 2.08 bits per heavy atom. The van der Waals surface area contributed by atoms with E-state index in [4.69, 9.17) is 0 Å². The van der Waals surface area contributed by atoms with Gasteiger partial charge in [0, 0.05) is 10.5 Å². The third kappa shape index (κ3) is 5.64. The van der Waals surface area contributed by atoms with Crippen LogP contribution >= 0.6 is 11.8 Å². The first-order valence-electron chi connectivity index (χ1n) is 8.20. The topological polar surface area (TPSA) is 58.2 Å². The Hall–Kier alpha value is -2.27. The van der Waals surface area contributed by atoms with Gasteiger partial charge in [-0.3, -0.25) is 20.4 Å². The summed E-state index contributed by atoms with van der Waals surface area (Å²) in [6.45, 7) is 8.31. The molecule has 0 fully saturated rings. The van der Waals surface area contributed by atoms with Crippen LogP contribution in [0.1, 0.15) is 43.6 Å². The minimum absolute atomic E-state index is 0.105. The maximum Gasteiger partial charge on any atom is 0.269 e. The molecule has 0 saturated carbocycles. The largest absolute Gasteiger partial charge is 0.272 e. The van der Waals surface area contributed by atoms with E-state index in [0.29, 0.717) is 5.56 Å². The number of amides is 2. The zero-order valence-electron chi connectivity index (χ0n) is 15.0. The summed E-state index contributed by atoms with van der Waals surface area (Å²) in [4.78, 5) is 25.1. The maximum atomic E-state index is 12.2. The molecule has 0 saturated heterocycles. The lowest BCUT2D eigenvalue weighted by atomic mass is 9.87. The minimum Gasteiger partial charge on any atom is -0.272 e. The van der Waals surface area contributed by atoms with Crippen LogP contribution in [-0.2, 0) is 10.2 Å². The van der Waals surface area contributed by atoms with Crippen molar-refractivity contribution in [3.8, 4) is 0 Å². The first kappa shape index (κ1) is 19.1. The first-order chi connectivity index (χ1) is 11.8. The van der Waals surface area contributed by atoms with E-state index in [1.165, 1.54) is 17.3 Å². The number of carbonyl (C=O) groups excluding carboxylic acids is 2. The smallest absolute Gasteiger partial charge is 0.269 e. The average Bonchev–Trinajstić information content (AvgIpc) is 2.59. The lowest BCUT2D eigenvalue weighted by molar-refractivity contribution is -0.121. The van der Waals surface area contributed by atoms with Gasteiger partial charge >= 0.3 is 0 Å². The van der Waals surface area contributed by atoms with E-state index in [1.54, 1.807) is 24.3 Å². The highest BCUT2D eigenvalue weighted by molar-refractivity contribution is 8.00. The molecule has 2 aromatic rings. The molecule has 0 bridgehead atoms. The van der Waals surface area contributed by atoms with Crippen molar-refractivity contribution in [1.82, 2.24) is 10.9 Å². The number of hydrogen-bond acceptors (Lipinski definition) is 3. The maximum absolute atomic E-state index is 12.2. The van der Waals surface area contributed by atoms with E-state index >= 15 is 0 Å². The second kappa shape index (κ2) is 8.21. The van der Waals surface area contributed by atoms with Gasteiger partial charge in [0.2, 0.25) is 0 Å². The Kier molecular flexibility index (Phi) is 6.26. The van der Waals surface area contributed by atoms with Crippen LogP contribution in [0.4, 0.5) is 0 Å². The van der Waals surface area contributed by atoms with Crippen LogP contribution < -0.4 is 10.9 Å². The zero-order valence-corrected chi connectivity index (χ0v) is 15.8. The van der Waals surface area contributed by atoms with Gasteiger partial charge in [0.1, 0.15) is 0 Å². The molecule has 0 aliphatic carbocycles. The molecule has 2 N–H and O–H groups in total. The van der Waals surface area contributed by atoms with Gasteiger partial charge in [0.15, 0.2) is 0 Å². The second-order valence-corrected chi connectivity index (χ2v) is 8.26. The summed E-state index contributed by atoms with van der Waals surface area (Å²) in [6.07, 6.45) is 0. The van der Waals surface area contributed by atoms with Gasteiger partial charge in [-0.05, 0) is 42.2 Å². The van der Waals surface area contributed by atoms with Crippen LogP contribution in [-0.4, -0.2) is 17.1 Å². The number of hydrogen-bond donors (Lipinski definition) is 2. The monoisotopic (exact) mass is 356 g/mol. The summed E-state index contributed by atoms with van der Waals surface area (Å²) in [5.74, 6) is -0.574. The van der Waals surface area contributed by atoms with Gasteiger partial charge in [-0.15, -0.1) is 11.8 Å². The van der Waals surface area contributed by atoms with Crippen LogP contribution in [0.15, 0.2) is 59.5 Å². The lowest BCUT2D eigenvalue weighted by Gasteiger charge is -2.19. The van der Waals surface area contributed by atoms with Crippen molar-refractivity contribution in [3.63, 3.8) is 0 Å². The Labute approximate surface area is 153 Å². The summed E-state index contributed by atoms with van der Waals surface area (Å²) in [5.41, 5.74) is 6.78. The highest BCUT2D eigenvalue weighted by atomic mass is 32.2. The predicted octanol–water partition coefficient (Wildman–Crippen LogP) is 3.93. The van der Waals surface area contributed by atoms with Gasteiger partial charge in [0.25, 0.3) is 11.8 Å². The number of carbonyl (C=O) groups is 2. The highest BCUT2D eigenvalue weighted by Gasteiger charge is 2.17. The van der Waals surface area contributed by atoms with Crippen molar-refractivity contribution in [2.75, 3.05) is 0 Å². The van der Waals surface area contributed by atoms with Crippen LogP contribution in [0.5, 0.6) is 0 Å². The fraction of sp³-hybridized carbons (Fsp3) is 0.300. The van der Waals surface area contributed by atoms with E-state index in [-0.39, 0.29) is 22.5 Å². The van der Waals surface area contributed by atoms with Crippen molar-refractivity contribution in [3.05, 3.63) is 65.7 Å². The fourth-order valence-electron chi connectivity index (χ4n) is 2.17. The third-order valence-corrected chi connectivity index (χ3v) is 4.85. The summed E-state index contributed by atoms with van der Waals surface area (Å²) >= 11 is 1.46. The Balaban J connectivity index is 1.87. The van der Waals surface area contributed by atoms with Crippen LogP contribution in [0.3, 0.4) is 0 Å². The Morgan fingerprint density at radius 1 is 0.920 bits per heavy atom. The molecule has 0 aliphatic rings. The molecular formula is C20H24N2O2S. The van der Waals surface area contributed by atoms with E-state index in [1.807, 2.05) is 25.1 Å². The quantitative estimate of drug-likeness (QED) is 0.645. The molecule has 0 unspecified atom stereocenters. The molecule has 2 amide bonds. The van der Waals surface area contributed by atoms with Crippen molar-refractivity contribution in [2.24, 2.45) is 0 Å². The summed E-state index contributed by atoms with van der Waals surface area (Å²) in [7, 11) is 0. The molecule has 25 heavy (non-hydrogen) atoms. The number of hydrazine groups is 1. The number of nitrogens with one attached hydrogen (secondary N) is 2. The van der Waals surface area contributed by atoms with Crippen molar-refractivity contribution >= 4 is 23.6 Å². The highest BCUT2D eigenvalue weighted by Crippen LogP contribution is 2.27. The Morgan fingerprint density at radius 2 is 1.52 bits per heavy atom. The molecule has 2 aromatic carbocycles. The van der Waals surface area contributed by atoms with E-state index in [9.17, 15) is 9.59 Å². The van der Waals surface area contributed by atoms with Crippen molar-refractivity contribution in [2.45, 2.75) is 43.3 Å². The minimum atomic E-state index is -0.333. The molecule has 4 nitrogen and oxygen atoms in total. The molecule has 0 spiro atoms. The summed E-state index contributed by atoms with van der Waals surface area (Å²) in [5, 5.41) is -0.323. The van der Waals surface area contributed by atoms with Crippen LogP contribution in [0.2, 0.25) is 0 Å². The molecular weight excluding hydrogens is 332 g/mol. The molecule has 5 heteroatoms. The number of rotatable bonds is 4. The van der Waals surface area contributed by atoms with E-state index in [2.05, 4.69) is 43.8 Å². The van der Waals surface area contributed by atoms with Gasteiger partial charge in [-0.2, -0.15) is 0 Å². The SMILES string of the molecule is C[C@H](Sc1ccc(C(C)(C)C)cc1)C(=O)NNC(=O)c1ccccc1. The standard InChI is InChI=1S/C20H24N2O2S/c1-14(25-17-12-10-16(11-13-17)20(2,3)4)18(23)21-22-19(24)15-8-6-5-7-9-15/h5-14H,1-4H3,(H,21,23)(H,22,24)/t14-/m0/s1. The van der Waals surface area contributed by atoms with Gasteiger partial charge in [-0.1, -0.05) is 51.1 Å². The number of benzene rings is 2. The van der Waals surface area contributed by atoms with Crippen LogP contribution in [0.25, 0.3) is 0 Å². The molecule has 132 valence electrons. The number of thioether (sulfide) groups is 1. The fourth-order valence-corrected chi connectivity index (χ4v) is 3.04. The summed E-state index contributed by atoms with van der Waals surface area (Å²) in [6, 6.07) is 17.0. The first-order valence-corrected chi connectivity index (χ1v) is 9.08. The zero-order chi connectivity index (χ0) is 18.4. The summed E-state index contributed by atoms with van der Waals surface area (Å²) < 4.78 is 0. The third-order valence-electron chi connectivity index (χ3n) is 3.74. The van der Waals surface area contributed by atoms with E-state index in [0.717, 1.165) is 4.90 Å². The molecule has 0 heterocycles. The van der Waals surface area contributed by atoms with E-state index < -0.39 is 0 Å². The van der Waals surface area contributed by atoms with Crippen molar-refractivity contribution < 1.29 is 9.59 Å². The van der Waals surface area contributed by atoms with Crippen molar-refractivity contribution in [1.29, 1.82) is 0 Å². The molecule has 0 aromatic heterocycles. The Bertz CT molecular complexity index is 722. The predicted molar refractivity (Wildman–Crippen MR) is 103 cm³/mol. The van der Waals surface area contributed by atoms with Gasteiger partial charge in [0.05, 0.1) is 5.25 Å².